The maximum Gasteiger partial charge on any atom is 0.289 e. The third kappa shape index (κ3) is 4.71. The van der Waals surface area contributed by atoms with E-state index in [1.807, 2.05) is 25.2 Å². The van der Waals surface area contributed by atoms with Crippen LogP contribution in [-0.4, -0.2) is 53.1 Å². The quantitative estimate of drug-likeness (QED) is 0.800. The number of likely N-dealkylation sites (N-methyl/N-ethyl adjacent to an activating group) is 1. The summed E-state index contributed by atoms with van der Waals surface area (Å²) in [5.41, 5.74) is 0.850. The predicted octanol–water partition coefficient (Wildman–Crippen LogP) is 2.77. The molecule has 5 nitrogen and oxygen atoms in total. The number of halogens is 1. The molecule has 1 aromatic carbocycles. The first-order valence-corrected chi connectivity index (χ1v) is 10.0. The van der Waals surface area contributed by atoms with Gasteiger partial charge in [-0.2, -0.15) is 0 Å². The van der Waals surface area contributed by atoms with E-state index in [2.05, 4.69) is 4.90 Å². The van der Waals surface area contributed by atoms with Gasteiger partial charge in [0.25, 0.3) is 5.91 Å². The molecule has 0 spiro atoms. The molecular weight excluding hydrogens is 360 g/mol. The molecule has 0 aliphatic carbocycles. The molecule has 1 saturated heterocycles. The van der Waals surface area contributed by atoms with Crippen molar-refractivity contribution >= 4 is 28.3 Å². The average Bonchev–Trinajstić information content (AvgIpc) is 3.05. The second kappa shape index (κ2) is 8.17. The number of piperazine rings is 1. The van der Waals surface area contributed by atoms with Gasteiger partial charge in [-0.05, 0) is 30.8 Å². The van der Waals surface area contributed by atoms with E-state index in [4.69, 9.17) is 16.0 Å². The van der Waals surface area contributed by atoms with E-state index in [9.17, 15) is 9.00 Å². The van der Waals surface area contributed by atoms with Crippen molar-refractivity contribution in [2.45, 2.75) is 11.5 Å². The second-order valence-corrected chi connectivity index (χ2v) is 8.05. The second-order valence-electron chi connectivity index (χ2n) is 6.18. The fourth-order valence-corrected chi connectivity index (χ4v) is 4.19. The fourth-order valence-electron chi connectivity index (χ4n) is 2.73. The van der Waals surface area contributed by atoms with Crippen LogP contribution in [0.25, 0.3) is 0 Å². The molecule has 25 heavy (non-hydrogen) atoms. The van der Waals surface area contributed by atoms with E-state index in [0.29, 0.717) is 35.4 Å². The Morgan fingerprint density at radius 2 is 1.84 bits per heavy atom. The first-order valence-electron chi connectivity index (χ1n) is 8.18. The van der Waals surface area contributed by atoms with Crippen molar-refractivity contribution in [2.75, 3.05) is 33.2 Å². The molecule has 1 fully saturated rings. The zero-order valence-corrected chi connectivity index (χ0v) is 15.7. The van der Waals surface area contributed by atoms with Gasteiger partial charge >= 0.3 is 0 Å². The topological polar surface area (TPSA) is 53.8 Å². The van der Waals surface area contributed by atoms with Crippen LogP contribution in [0.4, 0.5) is 0 Å². The lowest BCUT2D eigenvalue weighted by molar-refractivity contribution is 0.0631. The highest BCUT2D eigenvalue weighted by Crippen LogP contribution is 2.19. The zero-order valence-electron chi connectivity index (χ0n) is 14.1. The van der Waals surface area contributed by atoms with Crippen LogP contribution in [0.15, 0.2) is 40.8 Å². The molecule has 1 aliphatic rings. The average molecular weight is 381 g/mol. The van der Waals surface area contributed by atoms with E-state index in [0.717, 1.165) is 18.7 Å². The van der Waals surface area contributed by atoms with Crippen LogP contribution < -0.4 is 0 Å². The normalized spacial score (nSPS) is 16.8. The summed E-state index contributed by atoms with van der Waals surface area (Å²) in [5, 5.41) is 0.612. The lowest BCUT2D eigenvalue weighted by atomic mass is 10.2. The van der Waals surface area contributed by atoms with Crippen molar-refractivity contribution in [3.8, 4) is 0 Å². The summed E-state index contributed by atoms with van der Waals surface area (Å²) in [4.78, 5) is 16.4. The van der Waals surface area contributed by atoms with Gasteiger partial charge in [0.05, 0.1) is 11.5 Å². The Bertz CT molecular complexity index is 769. The number of rotatable bonds is 5. The molecule has 7 heteroatoms. The van der Waals surface area contributed by atoms with Gasteiger partial charge in [0, 0.05) is 42.0 Å². The van der Waals surface area contributed by atoms with E-state index >= 15 is 0 Å². The van der Waals surface area contributed by atoms with Crippen LogP contribution in [0.2, 0.25) is 5.02 Å². The largest absolute Gasteiger partial charge is 0.455 e. The summed E-state index contributed by atoms with van der Waals surface area (Å²) < 4.78 is 18.0. The number of hydrogen-bond acceptors (Lipinski definition) is 4. The van der Waals surface area contributed by atoms with Crippen molar-refractivity contribution in [3.63, 3.8) is 0 Å². The van der Waals surface area contributed by atoms with Crippen molar-refractivity contribution in [2.24, 2.45) is 0 Å². The van der Waals surface area contributed by atoms with Gasteiger partial charge in [0.15, 0.2) is 5.76 Å². The van der Waals surface area contributed by atoms with Crippen LogP contribution >= 0.6 is 11.6 Å². The summed E-state index contributed by atoms with van der Waals surface area (Å²) in [6.07, 6.45) is 0. The lowest BCUT2D eigenvalue weighted by Gasteiger charge is -2.31. The van der Waals surface area contributed by atoms with Crippen LogP contribution in [-0.2, 0) is 22.3 Å². The molecule has 0 radical (unpaired) electrons. The van der Waals surface area contributed by atoms with E-state index < -0.39 is 10.8 Å². The Kier molecular flexibility index (Phi) is 5.93. The third-order valence-corrected chi connectivity index (χ3v) is 5.85. The van der Waals surface area contributed by atoms with Crippen molar-refractivity contribution in [1.82, 2.24) is 9.80 Å². The zero-order chi connectivity index (χ0) is 17.8. The fraction of sp³-hybridized carbons (Fsp3) is 0.389. The first-order chi connectivity index (χ1) is 12.0. The monoisotopic (exact) mass is 380 g/mol. The SMILES string of the molecule is CN1CCN(C(=O)c2ccc(CS(=O)Cc3ccccc3Cl)o2)CC1. The molecule has 0 N–H and O–H groups in total. The molecule has 134 valence electrons. The van der Waals surface area contributed by atoms with Gasteiger partial charge in [-0.15, -0.1) is 0 Å². The minimum Gasteiger partial charge on any atom is -0.455 e. The third-order valence-electron chi connectivity index (χ3n) is 4.24. The number of nitrogens with zero attached hydrogens (tertiary/aromatic N) is 2. The van der Waals surface area contributed by atoms with E-state index in [-0.39, 0.29) is 11.7 Å². The minimum absolute atomic E-state index is 0.101. The first kappa shape index (κ1) is 18.2. The summed E-state index contributed by atoms with van der Waals surface area (Å²) in [5.74, 6) is 1.40. The number of benzene rings is 1. The van der Waals surface area contributed by atoms with Crippen molar-refractivity contribution < 1.29 is 13.4 Å². The standard InChI is InChI=1S/C18H21ClN2O3S/c1-20-8-10-21(11-9-20)18(22)17-7-6-15(24-17)13-25(23)12-14-4-2-3-5-16(14)19/h2-7H,8-13H2,1H3. The highest BCUT2D eigenvalue weighted by molar-refractivity contribution is 7.83. The van der Waals surface area contributed by atoms with Crippen LogP contribution in [0.5, 0.6) is 0 Å². The van der Waals surface area contributed by atoms with Gasteiger partial charge in [-0.25, -0.2) is 0 Å². The highest BCUT2D eigenvalue weighted by Gasteiger charge is 2.23. The molecule has 1 atom stereocenters. The summed E-state index contributed by atoms with van der Waals surface area (Å²) in [7, 11) is 0.891. The Balaban J connectivity index is 1.59. The van der Waals surface area contributed by atoms with Crippen molar-refractivity contribution in [1.29, 1.82) is 0 Å². The maximum atomic E-state index is 12.5. The smallest absolute Gasteiger partial charge is 0.289 e. The van der Waals surface area contributed by atoms with Crippen LogP contribution in [0.3, 0.4) is 0 Å². The molecule has 1 aliphatic heterocycles. The van der Waals surface area contributed by atoms with Gasteiger partial charge in [0.2, 0.25) is 0 Å². The number of carbonyl (C=O) groups excluding carboxylic acids is 1. The van der Waals surface area contributed by atoms with E-state index in [1.165, 1.54) is 0 Å². The molecule has 1 amide bonds. The Hall–Kier alpha value is -1.63. The maximum absolute atomic E-state index is 12.5. The molecular formula is C18H21ClN2O3S. The predicted molar refractivity (Wildman–Crippen MR) is 99.1 cm³/mol. The highest BCUT2D eigenvalue weighted by atomic mass is 35.5. The number of amides is 1. The van der Waals surface area contributed by atoms with Gasteiger partial charge in [0.1, 0.15) is 5.76 Å². The van der Waals surface area contributed by atoms with Crippen LogP contribution in [0.1, 0.15) is 21.9 Å². The Morgan fingerprint density at radius 1 is 1.12 bits per heavy atom. The Morgan fingerprint density at radius 3 is 2.56 bits per heavy atom. The van der Waals surface area contributed by atoms with Gasteiger partial charge < -0.3 is 14.2 Å². The van der Waals surface area contributed by atoms with E-state index in [1.54, 1.807) is 23.1 Å². The molecule has 1 unspecified atom stereocenters. The molecule has 0 bridgehead atoms. The van der Waals surface area contributed by atoms with Gasteiger partial charge in [-0.1, -0.05) is 29.8 Å². The number of hydrogen-bond donors (Lipinski definition) is 0. The summed E-state index contributed by atoms with van der Waals surface area (Å²) in [6.45, 7) is 3.12. The molecule has 3 rings (SSSR count). The van der Waals surface area contributed by atoms with Crippen molar-refractivity contribution in [3.05, 3.63) is 58.5 Å². The number of carbonyl (C=O) groups is 1. The Labute approximate surface area is 155 Å². The molecule has 0 saturated carbocycles. The summed E-state index contributed by atoms with van der Waals surface area (Å²) in [6, 6.07) is 10.8. The molecule has 1 aromatic heterocycles. The molecule has 2 aromatic rings. The van der Waals surface area contributed by atoms with Crippen LogP contribution in [0, 0.1) is 0 Å². The lowest BCUT2D eigenvalue weighted by Crippen LogP contribution is -2.47. The van der Waals surface area contributed by atoms with Gasteiger partial charge in [-0.3, -0.25) is 9.00 Å². The number of furan rings is 1. The molecule has 2 heterocycles. The summed E-state index contributed by atoms with van der Waals surface area (Å²) >= 11 is 6.10. The minimum atomic E-state index is -1.15.